The van der Waals surface area contributed by atoms with Crippen molar-refractivity contribution in [3.63, 3.8) is 0 Å². The Morgan fingerprint density at radius 2 is 1.70 bits per heavy atom. The highest BCUT2D eigenvalue weighted by atomic mass is 16.4. The Kier molecular flexibility index (Phi) is 4.98. The lowest BCUT2D eigenvalue weighted by Crippen LogP contribution is -2.54. The van der Waals surface area contributed by atoms with E-state index in [1.54, 1.807) is 0 Å². The van der Waals surface area contributed by atoms with Gasteiger partial charge in [0.2, 0.25) is 0 Å². The topological polar surface area (TPSA) is 57.5 Å². The molecule has 0 heterocycles. The van der Waals surface area contributed by atoms with Gasteiger partial charge in [-0.3, -0.25) is 0 Å². The van der Waals surface area contributed by atoms with Crippen molar-refractivity contribution in [2.75, 3.05) is 0 Å². The van der Waals surface area contributed by atoms with Gasteiger partial charge in [0.15, 0.2) is 0 Å². The quantitative estimate of drug-likeness (QED) is 0.661. The van der Waals surface area contributed by atoms with Crippen molar-refractivity contribution in [3.05, 3.63) is 12.2 Å². The second kappa shape index (κ2) is 6.90. The highest BCUT2D eigenvalue weighted by Gasteiger charge is 2.60. The van der Waals surface area contributed by atoms with E-state index in [9.17, 15) is 9.90 Å². The Morgan fingerprint density at radius 1 is 1.00 bits per heavy atom. The van der Waals surface area contributed by atoms with Crippen LogP contribution in [0.15, 0.2) is 12.2 Å². The molecule has 0 aromatic heterocycles. The average Bonchev–Trinajstić information content (AvgIpc) is 2.97. The molecule has 0 unspecified atom stereocenters. The maximum atomic E-state index is 11.0. The molecule has 0 spiro atoms. The fourth-order valence-electron chi connectivity index (χ4n) is 8.51. The number of carboxylic acid groups (broad SMARTS) is 1. The molecule has 0 amide bonds. The molecular formula is C24H38O3. The lowest BCUT2D eigenvalue weighted by atomic mass is 9.44. The monoisotopic (exact) mass is 374 g/mol. The predicted octanol–water partition coefficient (Wildman–Crippen LogP) is 5.28. The van der Waals surface area contributed by atoms with Crippen LogP contribution < -0.4 is 0 Å². The highest BCUT2D eigenvalue weighted by Crippen LogP contribution is 2.68. The molecule has 0 radical (unpaired) electrons. The molecule has 9 atom stereocenters. The van der Waals surface area contributed by atoms with E-state index >= 15 is 0 Å². The summed E-state index contributed by atoms with van der Waals surface area (Å²) in [6, 6.07) is 0. The predicted molar refractivity (Wildman–Crippen MR) is 107 cm³/mol. The molecule has 4 rings (SSSR count). The van der Waals surface area contributed by atoms with Crippen molar-refractivity contribution in [2.24, 2.45) is 46.3 Å². The van der Waals surface area contributed by atoms with Crippen LogP contribution in [0, 0.1) is 46.3 Å². The van der Waals surface area contributed by atoms with E-state index in [4.69, 9.17) is 5.11 Å². The lowest BCUT2D eigenvalue weighted by Gasteiger charge is -2.61. The minimum absolute atomic E-state index is 0.0637. The summed E-state index contributed by atoms with van der Waals surface area (Å²) in [5, 5.41) is 19.2. The standard InChI is InChI=1S/C24H38O3/c1-15(4-9-22(26)27)19-7-8-20-18-6-5-16-14-17(25)10-12-23(16,2)21(18)11-13-24(19,20)3/h4,9,15-21,25H,5-8,10-14H2,1-3H3,(H,26,27)/b9-4+/t15-,16-,17-,18-,19+,20-,21-,23-,24+/m0/s1. The minimum Gasteiger partial charge on any atom is -0.478 e. The third-order valence-corrected chi connectivity index (χ3v) is 9.89. The van der Waals surface area contributed by atoms with E-state index < -0.39 is 5.97 Å². The first-order valence-corrected chi connectivity index (χ1v) is 11.3. The molecule has 4 aliphatic rings. The zero-order valence-corrected chi connectivity index (χ0v) is 17.4. The van der Waals surface area contributed by atoms with E-state index in [0.717, 1.165) is 36.5 Å². The van der Waals surface area contributed by atoms with Crippen LogP contribution in [0.2, 0.25) is 0 Å². The van der Waals surface area contributed by atoms with E-state index in [2.05, 4.69) is 20.8 Å². The Balaban J connectivity index is 1.54. The number of hydrogen-bond acceptors (Lipinski definition) is 2. The Morgan fingerprint density at radius 3 is 2.44 bits per heavy atom. The first kappa shape index (κ1) is 19.5. The Bertz CT molecular complexity index is 613. The number of aliphatic carboxylic acids is 1. The third kappa shape index (κ3) is 3.09. The molecule has 3 heteroatoms. The van der Waals surface area contributed by atoms with Crippen LogP contribution in [0.1, 0.15) is 78.6 Å². The van der Waals surface area contributed by atoms with E-state index in [1.807, 2.05) is 6.08 Å². The summed E-state index contributed by atoms with van der Waals surface area (Å²) in [7, 11) is 0. The van der Waals surface area contributed by atoms with Crippen LogP contribution >= 0.6 is 0 Å². The molecule has 0 aromatic carbocycles. The largest absolute Gasteiger partial charge is 0.478 e. The summed E-state index contributed by atoms with van der Waals surface area (Å²) in [4.78, 5) is 11.0. The number of aliphatic hydroxyl groups excluding tert-OH is 1. The maximum absolute atomic E-state index is 11.0. The number of allylic oxidation sites excluding steroid dienone is 1. The molecule has 4 fully saturated rings. The normalized spacial score (nSPS) is 50.7. The SMILES string of the molecule is C[C@@H](/C=C/C(=O)O)[C@H]1CC[C@H]2[C@@H]3CC[C@H]4C[C@@H](O)CC[C@]4(C)[C@H]3CC[C@]12C. The molecule has 0 saturated heterocycles. The second-order valence-electron chi connectivity index (χ2n) is 10.9. The summed E-state index contributed by atoms with van der Waals surface area (Å²) in [6.07, 6.45) is 14.4. The zero-order valence-electron chi connectivity index (χ0n) is 17.4. The van der Waals surface area contributed by atoms with Crippen LogP contribution in [-0.4, -0.2) is 22.3 Å². The van der Waals surface area contributed by atoms with Gasteiger partial charge in [-0.25, -0.2) is 4.79 Å². The van der Waals surface area contributed by atoms with Gasteiger partial charge in [-0.05, 0) is 104 Å². The van der Waals surface area contributed by atoms with Crippen LogP contribution in [0.5, 0.6) is 0 Å². The van der Waals surface area contributed by atoms with E-state index in [-0.39, 0.29) is 6.10 Å². The molecule has 2 N–H and O–H groups in total. The number of fused-ring (bicyclic) bond motifs is 5. The molecule has 0 aliphatic heterocycles. The van der Waals surface area contributed by atoms with Gasteiger partial charge in [0.05, 0.1) is 6.10 Å². The number of aliphatic hydroxyl groups is 1. The van der Waals surface area contributed by atoms with Crippen molar-refractivity contribution in [1.82, 2.24) is 0 Å². The van der Waals surface area contributed by atoms with Crippen LogP contribution in [0.25, 0.3) is 0 Å². The fraction of sp³-hybridized carbons (Fsp3) is 0.875. The van der Waals surface area contributed by atoms with Crippen molar-refractivity contribution < 1.29 is 15.0 Å². The fourth-order valence-corrected chi connectivity index (χ4v) is 8.51. The van der Waals surface area contributed by atoms with E-state index in [0.29, 0.717) is 22.7 Å². The van der Waals surface area contributed by atoms with Crippen LogP contribution in [0.4, 0.5) is 0 Å². The van der Waals surface area contributed by atoms with Gasteiger partial charge in [-0.2, -0.15) is 0 Å². The number of carboxylic acids is 1. The maximum Gasteiger partial charge on any atom is 0.327 e. The van der Waals surface area contributed by atoms with Crippen molar-refractivity contribution >= 4 is 5.97 Å². The molecule has 152 valence electrons. The third-order valence-electron chi connectivity index (χ3n) is 9.89. The van der Waals surface area contributed by atoms with Crippen molar-refractivity contribution in [2.45, 2.75) is 84.7 Å². The summed E-state index contributed by atoms with van der Waals surface area (Å²) < 4.78 is 0. The molecule has 3 nitrogen and oxygen atoms in total. The molecule has 0 bridgehead atoms. The zero-order chi connectivity index (χ0) is 19.4. The Labute approximate surface area is 164 Å². The summed E-state index contributed by atoms with van der Waals surface area (Å²) in [5.41, 5.74) is 0.817. The number of hydrogen-bond donors (Lipinski definition) is 2. The number of carbonyl (C=O) groups is 1. The first-order valence-electron chi connectivity index (χ1n) is 11.3. The highest BCUT2D eigenvalue weighted by molar-refractivity contribution is 5.79. The molecule has 4 saturated carbocycles. The molecule has 0 aromatic rings. The summed E-state index contributed by atoms with van der Waals surface area (Å²) in [5.74, 6) is 3.37. The second-order valence-corrected chi connectivity index (χ2v) is 10.9. The van der Waals surface area contributed by atoms with Gasteiger partial charge in [0, 0.05) is 6.08 Å². The van der Waals surface area contributed by atoms with Crippen molar-refractivity contribution in [1.29, 1.82) is 0 Å². The van der Waals surface area contributed by atoms with Gasteiger partial charge < -0.3 is 10.2 Å². The summed E-state index contributed by atoms with van der Waals surface area (Å²) in [6.45, 7) is 7.30. The smallest absolute Gasteiger partial charge is 0.327 e. The van der Waals surface area contributed by atoms with Gasteiger partial charge in [0.25, 0.3) is 0 Å². The van der Waals surface area contributed by atoms with Crippen LogP contribution in [-0.2, 0) is 4.79 Å². The average molecular weight is 375 g/mol. The number of rotatable bonds is 3. The van der Waals surface area contributed by atoms with Crippen molar-refractivity contribution in [3.8, 4) is 0 Å². The molecular weight excluding hydrogens is 336 g/mol. The van der Waals surface area contributed by atoms with Gasteiger partial charge in [0.1, 0.15) is 0 Å². The lowest BCUT2D eigenvalue weighted by molar-refractivity contribution is -0.131. The molecule has 27 heavy (non-hydrogen) atoms. The molecule has 4 aliphatic carbocycles. The first-order chi connectivity index (χ1) is 12.8. The minimum atomic E-state index is -0.823. The van der Waals surface area contributed by atoms with Gasteiger partial charge >= 0.3 is 5.97 Å². The Hall–Kier alpha value is -0.830. The van der Waals surface area contributed by atoms with Gasteiger partial charge in [-0.1, -0.05) is 26.8 Å². The van der Waals surface area contributed by atoms with Crippen LogP contribution in [0.3, 0.4) is 0 Å². The summed E-state index contributed by atoms with van der Waals surface area (Å²) >= 11 is 0. The van der Waals surface area contributed by atoms with E-state index in [1.165, 1.54) is 51.0 Å². The van der Waals surface area contributed by atoms with Gasteiger partial charge in [-0.15, -0.1) is 0 Å².